The van der Waals surface area contributed by atoms with Gasteiger partial charge in [-0.3, -0.25) is 9.59 Å². The number of anilines is 1. The van der Waals surface area contributed by atoms with E-state index in [9.17, 15) is 14.9 Å². The van der Waals surface area contributed by atoms with Crippen molar-refractivity contribution in [2.24, 2.45) is 5.73 Å². The van der Waals surface area contributed by atoms with Crippen molar-refractivity contribution >= 4 is 17.4 Å². The SMILES string of the molecule is COc1ccc2c(c1)[C@]1(C(=O)N2)C(C#N)=C(N)OC2=C1C(=O)CCC2. The van der Waals surface area contributed by atoms with Crippen LogP contribution in [0, 0.1) is 11.3 Å². The summed E-state index contributed by atoms with van der Waals surface area (Å²) in [5, 5.41) is 12.5. The molecule has 1 amide bonds. The van der Waals surface area contributed by atoms with Gasteiger partial charge in [0, 0.05) is 24.1 Å². The number of nitrogens with two attached hydrogens (primary N) is 1. The molecule has 7 heteroatoms. The fraction of sp³-hybridized carbons (Fsp3) is 0.278. The molecule has 4 rings (SSSR count). The highest BCUT2D eigenvalue weighted by atomic mass is 16.5. The van der Waals surface area contributed by atoms with E-state index >= 15 is 0 Å². The van der Waals surface area contributed by atoms with Crippen LogP contribution in [0.5, 0.6) is 5.75 Å². The molecular weight excluding hydrogens is 322 g/mol. The maximum absolute atomic E-state index is 13.1. The Balaban J connectivity index is 2.11. The van der Waals surface area contributed by atoms with E-state index in [1.165, 1.54) is 7.11 Å². The van der Waals surface area contributed by atoms with Crippen LogP contribution in [0.25, 0.3) is 0 Å². The molecule has 0 fully saturated rings. The lowest BCUT2D eigenvalue weighted by molar-refractivity contribution is -0.123. The highest BCUT2D eigenvalue weighted by molar-refractivity contribution is 6.19. The van der Waals surface area contributed by atoms with Crippen molar-refractivity contribution in [2.75, 3.05) is 12.4 Å². The van der Waals surface area contributed by atoms with Gasteiger partial charge in [-0.25, -0.2) is 0 Å². The number of allylic oxidation sites excluding steroid dienone is 1. The number of ketones is 1. The zero-order valence-electron chi connectivity index (χ0n) is 13.5. The van der Waals surface area contributed by atoms with Crippen molar-refractivity contribution in [3.05, 3.63) is 46.6 Å². The van der Waals surface area contributed by atoms with Gasteiger partial charge in [0.25, 0.3) is 0 Å². The third kappa shape index (κ3) is 1.79. The lowest BCUT2D eigenvalue weighted by Crippen LogP contribution is -2.46. The quantitative estimate of drug-likeness (QED) is 0.805. The number of hydrogen-bond donors (Lipinski definition) is 2. The Morgan fingerprint density at radius 3 is 2.88 bits per heavy atom. The summed E-state index contributed by atoms with van der Waals surface area (Å²) in [6.07, 6.45) is 1.42. The Morgan fingerprint density at radius 1 is 1.36 bits per heavy atom. The summed E-state index contributed by atoms with van der Waals surface area (Å²) in [4.78, 5) is 25.8. The molecule has 126 valence electrons. The van der Waals surface area contributed by atoms with Gasteiger partial charge in [0.2, 0.25) is 11.8 Å². The lowest BCUT2D eigenvalue weighted by atomic mass is 9.65. The van der Waals surface area contributed by atoms with E-state index in [1.807, 2.05) is 6.07 Å². The normalized spacial score (nSPS) is 24.5. The minimum atomic E-state index is -1.58. The van der Waals surface area contributed by atoms with Gasteiger partial charge in [0.1, 0.15) is 28.6 Å². The van der Waals surface area contributed by atoms with Crippen LogP contribution in [0.15, 0.2) is 41.0 Å². The Bertz CT molecular complexity index is 938. The first kappa shape index (κ1) is 15.3. The standard InChI is InChI=1S/C18H15N3O4/c1-24-9-5-6-12-10(7-9)18(17(23)21-12)11(8-19)16(20)25-14-4-2-3-13(22)15(14)18/h5-7H,2-4,20H2,1H3,(H,21,23)/t18-/m0/s1. The van der Waals surface area contributed by atoms with Crippen molar-refractivity contribution in [3.8, 4) is 11.8 Å². The van der Waals surface area contributed by atoms with Crippen LogP contribution < -0.4 is 15.8 Å². The van der Waals surface area contributed by atoms with E-state index in [0.717, 1.165) is 0 Å². The number of ether oxygens (including phenoxy) is 2. The first-order chi connectivity index (χ1) is 12.0. The summed E-state index contributed by atoms with van der Waals surface area (Å²) in [5.41, 5.74) is 5.56. The second-order valence-corrected chi connectivity index (χ2v) is 6.14. The molecular formula is C18H15N3O4. The van der Waals surface area contributed by atoms with Crippen LogP contribution in [0.3, 0.4) is 0 Å². The molecule has 1 aliphatic carbocycles. The van der Waals surface area contributed by atoms with Gasteiger partial charge in [-0.15, -0.1) is 0 Å². The lowest BCUT2D eigenvalue weighted by Gasteiger charge is -2.37. The second kappa shape index (κ2) is 5.11. The summed E-state index contributed by atoms with van der Waals surface area (Å²) in [7, 11) is 1.51. The number of amides is 1. The van der Waals surface area contributed by atoms with E-state index in [0.29, 0.717) is 42.0 Å². The van der Waals surface area contributed by atoms with Gasteiger partial charge in [-0.2, -0.15) is 5.26 Å². The summed E-state index contributed by atoms with van der Waals surface area (Å²) >= 11 is 0. The average molecular weight is 337 g/mol. The van der Waals surface area contributed by atoms with Crippen molar-refractivity contribution in [3.63, 3.8) is 0 Å². The number of nitriles is 1. The van der Waals surface area contributed by atoms with Crippen molar-refractivity contribution in [2.45, 2.75) is 24.7 Å². The van der Waals surface area contributed by atoms with E-state index in [1.54, 1.807) is 18.2 Å². The number of carbonyl (C=O) groups excluding carboxylic acids is 2. The number of carbonyl (C=O) groups is 2. The van der Waals surface area contributed by atoms with Crippen LogP contribution in [0.4, 0.5) is 5.69 Å². The minimum absolute atomic E-state index is 0.0639. The maximum Gasteiger partial charge on any atom is 0.245 e. The smallest absolute Gasteiger partial charge is 0.245 e. The van der Waals surface area contributed by atoms with E-state index in [4.69, 9.17) is 15.2 Å². The Labute approximate surface area is 143 Å². The van der Waals surface area contributed by atoms with Gasteiger partial charge in [-0.05, 0) is 24.6 Å². The number of hydrogen-bond acceptors (Lipinski definition) is 6. The third-order valence-electron chi connectivity index (χ3n) is 4.93. The molecule has 0 radical (unpaired) electrons. The molecule has 1 aromatic carbocycles. The fourth-order valence-electron chi connectivity index (χ4n) is 3.87. The molecule has 0 unspecified atom stereocenters. The number of rotatable bonds is 1. The molecule has 3 aliphatic rings. The fourth-order valence-corrected chi connectivity index (χ4v) is 3.87. The van der Waals surface area contributed by atoms with Crippen molar-refractivity contribution in [1.82, 2.24) is 0 Å². The number of benzene rings is 1. The summed E-state index contributed by atoms with van der Waals surface area (Å²) in [6.45, 7) is 0. The molecule has 25 heavy (non-hydrogen) atoms. The molecule has 7 nitrogen and oxygen atoms in total. The largest absolute Gasteiger partial charge is 0.497 e. The molecule has 2 heterocycles. The predicted octanol–water partition coefficient (Wildman–Crippen LogP) is 1.62. The van der Waals surface area contributed by atoms with Crippen LogP contribution in [-0.4, -0.2) is 18.8 Å². The van der Waals surface area contributed by atoms with Gasteiger partial charge < -0.3 is 20.5 Å². The topological polar surface area (TPSA) is 114 Å². The molecule has 0 bridgehead atoms. The van der Waals surface area contributed by atoms with Crippen LogP contribution >= 0.6 is 0 Å². The monoisotopic (exact) mass is 337 g/mol. The van der Waals surface area contributed by atoms with Crippen LogP contribution in [0.2, 0.25) is 0 Å². The molecule has 1 atom stereocenters. The zero-order valence-corrected chi connectivity index (χ0v) is 13.5. The number of methoxy groups -OCH3 is 1. The highest BCUT2D eigenvalue weighted by Crippen LogP contribution is 2.54. The maximum atomic E-state index is 13.1. The first-order valence-corrected chi connectivity index (χ1v) is 7.89. The molecule has 1 spiro atoms. The second-order valence-electron chi connectivity index (χ2n) is 6.14. The van der Waals surface area contributed by atoms with Gasteiger partial charge in [0.15, 0.2) is 5.78 Å². The van der Waals surface area contributed by atoms with Crippen LogP contribution in [-0.2, 0) is 19.7 Å². The summed E-state index contributed by atoms with van der Waals surface area (Å²) < 4.78 is 10.8. The van der Waals surface area contributed by atoms with Gasteiger partial charge >= 0.3 is 0 Å². The molecule has 3 N–H and O–H groups in total. The number of Topliss-reactive ketones (excluding diaryl/α,β-unsaturated/α-hetero) is 1. The van der Waals surface area contributed by atoms with E-state index in [-0.39, 0.29) is 22.8 Å². The third-order valence-corrected chi connectivity index (χ3v) is 4.93. The molecule has 0 aromatic heterocycles. The first-order valence-electron chi connectivity index (χ1n) is 7.89. The summed E-state index contributed by atoms with van der Waals surface area (Å²) in [5.74, 6) is 0.0800. The molecule has 0 saturated carbocycles. The van der Waals surface area contributed by atoms with Crippen molar-refractivity contribution < 1.29 is 19.1 Å². The van der Waals surface area contributed by atoms with Gasteiger partial charge in [-0.1, -0.05) is 0 Å². The Kier molecular flexibility index (Phi) is 3.12. The molecule has 0 saturated heterocycles. The van der Waals surface area contributed by atoms with E-state index < -0.39 is 11.3 Å². The van der Waals surface area contributed by atoms with Crippen LogP contribution in [0.1, 0.15) is 24.8 Å². The Morgan fingerprint density at radius 2 is 2.16 bits per heavy atom. The Hall–Kier alpha value is -3.27. The summed E-state index contributed by atoms with van der Waals surface area (Å²) in [6, 6.07) is 7.05. The number of nitrogens with zero attached hydrogens (tertiary/aromatic N) is 1. The molecule has 1 aromatic rings. The van der Waals surface area contributed by atoms with Crippen molar-refractivity contribution in [1.29, 1.82) is 5.26 Å². The van der Waals surface area contributed by atoms with E-state index in [2.05, 4.69) is 5.32 Å². The minimum Gasteiger partial charge on any atom is -0.497 e. The highest BCUT2D eigenvalue weighted by Gasteiger charge is 2.59. The number of fused-ring (bicyclic) bond motifs is 3. The molecule has 2 aliphatic heterocycles. The number of nitrogens with one attached hydrogen (secondary N) is 1. The predicted molar refractivity (Wildman–Crippen MR) is 87.1 cm³/mol. The van der Waals surface area contributed by atoms with Gasteiger partial charge in [0.05, 0.1) is 12.7 Å². The zero-order chi connectivity index (χ0) is 17.8. The average Bonchev–Trinajstić information content (AvgIpc) is 2.87.